The van der Waals surface area contributed by atoms with Gasteiger partial charge < -0.3 is 14.5 Å². The minimum absolute atomic E-state index is 0.0142. The van der Waals surface area contributed by atoms with Crippen molar-refractivity contribution in [3.05, 3.63) is 102 Å². The van der Waals surface area contributed by atoms with Crippen molar-refractivity contribution in [1.82, 2.24) is 19.7 Å². The van der Waals surface area contributed by atoms with E-state index >= 15 is 0 Å². The second-order valence-electron chi connectivity index (χ2n) is 9.76. The third-order valence-electron chi connectivity index (χ3n) is 7.07. The van der Waals surface area contributed by atoms with Crippen molar-refractivity contribution < 1.29 is 9.53 Å². The molecule has 0 unspecified atom stereocenters. The van der Waals surface area contributed by atoms with E-state index in [4.69, 9.17) is 4.74 Å². The van der Waals surface area contributed by atoms with Crippen LogP contribution in [0.2, 0.25) is 0 Å². The molecule has 0 saturated carbocycles. The smallest absolute Gasteiger partial charge is 0.246 e. The van der Waals surface area contributed by atoms with Crippen LogP contribution in [0.15, 0.2) is 85.1 Å². The molecule has 0 spiro atoms. The number of pyridine rings is 1. The summed E-state index contributed by atoms with van der Waals surface area (Å²) in [4.78, 5) is 23.7. The highest BCUT2D eigenvalue weighted by Crippen LogP contribution is 2.29. The minimum atomic E-state index is 0.0142. The SMILES string of the molecule is CCOc1ccc(/C=C/C(=O)N(C)CCCCN2CCN(C(c3ccccc3)c3ccccc3)CC2)cn1. The summed E-state index contributed by atoms with van der Waals surface area (Å²) in [5.74, 6) is 0.613. The fourth-order valence-electron chi connectivity index (χ4n) is 4.94. The number of aromatic nitrogens is 1. The van der Waals surface area contributed by atoms with Gasteiger partial charge in [0.25, 0.3) is 0 Å². The van der Waals surface area contributed by atoms with Gasteiger partial charge in [0.15, 0.2) is 0 Å². The van der Waals surface area contributed by atoms with Gasteiger partial charge in [-0.2, -0.15) is 0 Å². The molecule has 38 heavy (non-hydrogen) atoms. The predicted octanol–water partition coefficient (Wildman–Crippen LogP) is 5.14. The zero-order valence-corrected chi connectivity index (χ0v) is 22.7. The summed E-state index contributed by atoms with van der Waals surface area (Å²) >= 11 is 0. The standard InChI is InChI=1S/C32H40N4O2/c1-3-38-30-18-16-27(26-33-30)17-19-31(37)34(2)20-10-11-21-35-22-24-36(25-23-35)32(28-12-6-4-7-13-28)29-14-8-5-9-15-29/h4-9,12-19,26,32H,3,10-11,20-25H2,1-2H3/b19-17+. The maximum absolute atomic E-state index is 12.5. The van der Waals surface area contributed by atoms with E-state index in [1.165, 1.54) is 11.1 Å². The molecule has 1 saturated heterocycles. The third kappa shape index (κ3) is 8.01. The second kappa shape index (κ2) is 14.5. The molecule has 0 atom stereocenters. The van der Waals surface area contributed by atoms with Crippen LogP contribution in [-0.4, -0.2) is 78.5 Å². The van der Waals surface area contributed by atoms with E-state index in [1.807, 2.05) is 26.1 Å². The molecule has 0 aliphatic carbocycles. The van der Waals surface area contributed by atoms with Crippen molar-refractivity contribution in [3.8, 4) is 5.88 Å². The first-order chi connectivity index (χ1) is 18.6. The molecule has 6 nitrogen and oxygen atoms in total. The summed E-state index contributed by atoms with van der Waals surface area (Å²) in [6, 6.07) is 25.7. The number of piperazine rings is 1. The highest BCUT2D eigenvalue weighted by molar-refractivity contribution is 5.91. The largest absolute Gasteiger partial charge is 0.478 e. The molecule has 4 rings (SSSR count). The fourth-order valence-corrected chi connectivity index (χ4v) is 4.94. The Morgan fingerprint density at radius 3 is 2.18 bits per heavy atom. The Balaban J connectivity index is 1.18. The van der Waals surface area contributed by atoms with Crippen LogP contribution in [0.1, 0.15) is 42.5 Å². The lowest BCUT2D eigenvalue weighted by molar-refractivity contribution is -0.124. The van der Waals surface area contributed by atoms with Crippen LogP contribution in [0, 0.1) is 0 Å². The molecule has 0 N–H and O–H groups in total. The number of hydrogen-bond donors (Lipinski definition) is 0. The summed E-state index contributed by atoms with van der Waals surface area (Å²) in [7, 11) is 1.87. The van der Waals surface area contributed by atoms with Crippen LogP contribution in [-0.2, 0) is 4.79 Å². The first-order valence-corrected chi connectivity index (χ1v) is 13.7. The molecule has 2 heterocycles. The molecular formula is C32H40N4O2. The quantitative estimate of drug-likeness (QED) is 0.248. The molecule has 1 aliphatic rings. The molecule has 1 fully saturated rings. The van der Waals surface area contributed by atoms with E-state index in [0.29, 0.717) is 18.5 Å². The molecule has 200 valence electrons. The van der Waals surface area contributed by atoms with Crippen molar-refractivity contribution in [1.29, 1.82) is 0 Å². The van der Waals surface area contributed by atoms with Crippen LogP contribution in [0.4, 0.5) is 0 Å². The lowest BCUT2D eigenvalue weighted by Gasteiger charge is -2.40. The van der Waals surface area contributed by atoms with E-state index < -0.39 is 0 Å². The molecule has 0 radical (unpaired) electrons. The maximum Gasteiger partial charge on any atom is 0.246 e. The van der Waals surface area contributed by atoms with Crippen LogP contribution in [0.25, 0.3) is 6.08 Å². The number of amides is 1. The van der Waals surface area contributed by atoms with Crippen molar-refractivity contribution in [2.75, 3.05) is 52.9 Å². The maximum atomic E-state index is 12.5. The van der Waals surface area contributed by atoms with Gasteiger partial charge in [0.2, 0.25) is 11.8 Å². The van der Waals surface area contributed by atoms with Gasteiger partial charge >= 0.3 is 0 Å². The molecule has 1 amide bonds. The van der Waals surface area contributed by atoms with Gasteiger partial charge in [0.05, 0.1) is 12.6 Å². The number of benzene rings is 2. The monoisotopic (exact) mass is 512 g/mol. The lowest BCUT2D eigenvalue weighted by atomic mass is 9.96. The summed E-state index contributed by atoms with van der Waals surface area (Å²) in [5, 5.41) is 0. The van der Waals surface area contributed by atoms with E-state index in [1.54, 1.807) is 23.2 Å². The number of carbonyl (C=O) groups excluding carboxylic acids is 1. The van der Waals surface area contributed by atoms with Gasteiger partial charge in [-0.25, -0.2) is 4.98 Å². The molecular weight excluding hydrogens is 472 g/mol. The zero-order chi connectivity index (χ0) is 26.6. The van der Waals surface area contributed by atoms with Gasteiger partial charge in [0.1, 0.15) is 0 Å². The molecule has 1 aromatic heterocycles. The summed E-state index contributed by atoms with van der Waals surface area (Å²) in [5.41, 5.74) is 3.59. The van der Waals surface area contributed by atoms with Gasteiger partial charge in [-0.15, -0.1) is 0 Å². The molecule has 3 aromatic rings. The van der Waals surface area contributed by atoms with Crippen molar-refractivity contribution >= 4 is 12.0 Å². The Bertz CT molecular complexity index is 1090. The minimum Gasteiger partial charge on any atom is -0.478 e. The van der Waals surface area contributed by atoms with Crippen LogP contribution >= 0.6 is 0 Å². The average molecular weight is 513 g/mol. The summed E-state index contributed by atoms with van der Waals surface area (Å²) in [6.45, 7) is 8.60. The van der Waals surface area contributed by atoms with Gasteiger partial charge in [-0.05, 0) is 55.1 Å². The Hall–Kier alpha value is -3.48. The van der Waals surface area contributed by atoms with Crippen LogP contribution < -0.4 is 4.74 Å². The van der Waals surface area contributed by atoms with Crippen molar-refractivity contribution in [3.63, 3.8) is 0 Å². The first-order valence-electron chi connectivity index (χ1n) is 13.7. The number of carbonyl (C=O) groups is 1. The number of hydrogen-bond acceptors (Lipinski definition) is 5. The van der Waals surface area contributed by atoms with Crippen molar-refractivity contribution in [2.45, 2.75) is 25.8 Å². The van der Waals surface area contributed by atoms with E-state index in [9.17, 15) is 4.79 Å². The highest BCUT2D eigenvalue weighted by atomic mass is 16.5. The molecule has 2 aromatic carbocycles. The number of likely N-dealkylation sites (N-methyl/N-ethyl adjacent to an activating group) is 1. The normalized spacial score (nSPS) is 14.7. The van der Waals surface area contributed by atoms with Crippen LogP contribution in [0.3, 0.4) is 0 Å². The van der Waals surface area contributed by atoms with E-state index in [0.717, 1.165) is 57.7 Å². The van der Waals surface area contributed by atoms with E-state index in [-0.39, 0.29) is 5.91 Å². The second-order valence-corrected chi connectivity index (χ2v) is 9.76. The van der Waals surface area contributed by atoms with Gasteiger partial charge in [0, 0.05) is 58.1 Å². The van der Waals surface area contributed by atoms with Gasteiger partial charge in [-0.3, -0.25) is 9.69 Å². The number of nitrogens with zero attached hydrogens (tertiary/aromatic N) is 4. The Morgan fingerprint density at radius 1 is 0.947 bits per heavy atom. The molecule has 6 heteroatoms. The molecule has 0 bridgehead atoms. The highest BCUT2D eigenvalue weighted by Gasteiger charge is 2.26. The Morgan fingerprint density at radius 2 is 1.61 bits per heavy atom. The Labute approximate surface area is 227 Å². The third-order valence-corrected chi connectivity index (χ3v) is 7.07. The first kappa shape index (κ1) is 27.6. The van der Waals surface area contributed by atoms with Gasteiger partial charge in [-0.1, -0.05) is 60.7 Å². The van der Waals surface area contributed by atoms with E-state index in [2.05, 4.69) is 75.4 Å². The topological polar surface area (TPSA) is 48.9 Å². The average Bonchev–Trinajstić information content (AvgIpc) is 2.97. The number of rotatable bonds is 12. The predicted molar refractivity (Wildman–Crippen MR) is 154 cm³/mol. The number of unbranched alkanes of at least 4 members (excludes halogenated alkanes) is 1. The molecule has 1 aliphatic heterocycles. The summed E-state index contributed by atoms with van der Waals surface area (Å²) in [6.07, 6.45) is 7.23. The van der Waals surface area contributed by atoms with Crippen LogP contribution in [0.5, 0.6) is 5.88 Å². The zero-order valence-electron chi connectivity index (χ0n) is 22.7. The Kier molecular flexibility index (Phi) is 10.5. The number of ether oxygens (including phenoxy) is 1. The lowest BCUT2D eigenvalue weighted by Crippen LogP contribution is -2.48. The fraction of sp³-hybridized carbons (Fsp3) is 0.375. The summed E-state index contributed by atoms with van der Waals surface area (Å²) < 4.78 is 5.36. The van der Waals surface area contributed by atoms with Crippen molar-refractivity contribution in [2.24, 2.45) is 0 Å².